The van der Waals surface area contributed by atoms with Gasteiger partial charge in [-0.2, -0.15) is 0 Å². The zero-order valence-corrected chi connectivity index (χ0v) is 14.9. The molecule has 2 fully saturated rings. The van der Waals surface area contributed by atoms with Crippen LogP contribution in [0.1, 0.15) is 58.9 Å². The van der Waals surface area contributed by atoms with Crippen LogP contribution in [0.15, 0.2) is 0 Å². The minimum atomic E-state index is 0.270. The van der Waals surface area contributed by atoms with Crippen LogP contribution >= 0.6 is 11.3 Å². The average molecular weight is 347 g/mol. The highest BCUT2D eigenvalue weighted by molar-refractivity contribution is 7.13. The maximum Gasteiger partial charge on any atom is 0.225 e. The minimum absolute atomic E-state index is 0.270. The van der Waals surface area contributed by atoms with Gasteiger partial charge in [0.25, 0.3) is 0 Å². The molecule has 0 aromatic carbocycles. The number of ketones is 1. The first-order valence-electron chi connectivity index (χ1n) is 9.23. The van der Waals surface area contributed by atoms with E-state index < -0.39 is 0 Å². The third-order valence-electron chi connectivity index (χ3n) is 5.56. The quantitative estimate of drug-likeness (QED) is 0.843. The van der Waals surface area contributed by atoms with Gasteiger partial charge in [-0.15, -0.1) is 11.3 Å². The predicted molar refractivity (Wildman–Crippen MR) is 93.2 cm³/mol. The summed E-state index contributed by atoms with van der Waals surface area (Å²) in [4.78, 5) is 34.5. The lowest BCUT2D eigenvalue weighted by Gasteiger charge is -2.35. The molecule has 4 rings (SSSR count). The molecule has 3 aliphatic rings. The molecule has 1 saturated heterocycles. The molecule has 1 aliphatic heterocycles. The largest absolute Gasteiger partial charge is 0.340 e. The molecule has 24 heavy (non-hydrogen) atoms. The molecule has 0 unspecified atom stereocenters. The zero-order valence-electron chi connectivity index (χ0n) is 14.1. The number of aryl methyl sites for hydroxylation is 1. The van der Waals surface area contributed by atoms with E-state index in [1.165, 1.54) is 12.8 Å². The Morgan fingerprint density at radius 1 is 1.08 bits per heavy atom. The predicted octanol–water partition coefficient (Wildman–Crippen LogP) is 2.50. The van der Waals surface area contributed by atoms with Gasteiger partial charge in [0.2, 0.25) is 5.91 Å². The molecule has 2 aliphatic carbocycles. The number of rotatable bonds is 3. The average Bonchev–Trinajstić information content (AvgIpc) is 3.25. The van der Waals surface area contributed by atoms with Crippen LogP contribution < -0.4 is 0 Å². The number of hydrogen-bond acceptors (Lipinski definition) is 5. The monoisotopic (exact) mass is 347 g/mol. The first-order chi connectivity index (χ1) is 11.7. The molecular formula is C18H25N3O2S. The summed E-state index contributed by atoms with van der Waals surface area (Å²) in [6, 6.07) is 0. The molecule has 130 valence electrons. The maximum atomic E-state index is 12.5. The van der Waals surface area contributed by atoms with Crippen molar-refractivity contribution in [3.63, 3.8) is 0 Å². The van der Waals surface area contributed by atoms with Gasteiger partial charge in [0.15, 0.2) is 5.78 Å². The van der Waals surface area contributed by atoms with Crippen LogP contribution in [0.2, 0.25) is 0 Å². The van der Waals surface area contributed by atoms with E-state index in [1.807, 2.05) is 0 Å². The lowest BCUT2D eigenvalue weighted by Crippen LogP contribution is -2.49. The van der Waals surface area contributed by atoms with Crippen molar-refractivity contribution in [2.24, 2.45) is 5.92 Å². The summed E-state index contributed by atoms with van der Waals surface area (Å²) in [5.41, 5.74) is 1.02. The summed E-state index contributed by atoms with van der Waals surface area (Å²) in [5.74, 6) is 0.933. The summed E-state index contributed by atoms with van der Waals surface area (Å²) >= 11 is 1.58. The molecule has 2 heterocycles. The van der Waals surface area contributed by atoms with Crippen molar-refractivity contribution in [2.75, 3.05) is 26.2 Å². The van der Waals surface area contributed by atoms with Crippen molar-refractivity contribution in [3.05, 3.63) is 15.6 Å². The van der Waals surface area contributed by atoms with Gasteiger partial charge in [-0.05, 0) is 25.7 Å². The van der Waals surface area contributed by atoms with Crippen LogP contribution in [-0.4, -0.2) is 52.7 Å². The second-order valence-electron chi connectivity index (χ2n) is 7.24. The Kier molecular flexibility index (Phi) is 4.68. The van der Waals surface area contributed by atoms with E-state index in [-0.39, 0.29) is 11.7 Å². The summed E-state index contributed by atoms with van der Waals surface area (Å²) in [6.45, 7) is 4.31. The van der Waals surface area contributed by atoms with Crippen LogP contribution in [0.3, 0.4) is 0 Å². The second kappa shape index (κ2) is 6.92. The molecule has 1 saturated carbocycles. The number of thiazole rings is 1. The fourth-order valence-corrected chi connectivity index (χ4v) is 5.25. The normalized spacial score (nSPS) is 22.8. The van der Waals surface area contributed by atoms with Crippen molar-refractivity contribution in [1.82, 2.24) is 14.8 Å². The van der Waals surface area contributed by atoms with E-state index in [2.05, 4.69) is 14.8 Å². The molecule has 0 spiro atoms. The fraction of sp³-hybridized carbons (Fsp3) is 0.722. The van der Waals surface area contributed by atoms with Gasteiger partial charge in [0.05, 0.1) is 17.1 Å². The van der Waals surface area contributed by atoms with E-state index in [4.69, 9.17) is 0 Å². The Hall–Kier alpha value is -1.27. The molecule has 1 aromatic rings. The van der Waals surface area contributed by atoms with Crippen LogP contribution in [-0.2, 0) is 17.8 Å². The summed E-state index contributed by atoms with van der Waals surface area (Å²) in [6.07, 6.45) is 7.15. The van der Waals surface area contributed by atoms with E-state index in [9.17, 15) is 9.59 Å². The van der Waals surface area contributed by atoms with Crippen molar-refractivity contribution < 1.29 is 9.59 Å². The van der Waals surface area contributed by atoms with E-state index in [0.717, 1.165) is 74.0 Å². The standard InChI is InChI=1S/C18H25N3O2S/c22-15-7-3-6-14-17(15)24-16(19-14)12-20-8-10-21(11-9-20)18(23)13-4-1-2-5-13/h13H,1-12H2. The van der Waals surface area contributed by atoms with E-state index in [1.54, 1.807) is 11.3 Å². The third-order valence-corrected chi connectivity index (χ3v) is 6.68. The Bertz CT molecular complexity index is 628. The molecular weight excluding hydrogens is 322 g/mol. The highest BCUT2D eigenvalue weighted by Crippen LogP contribution is 2.29. The second-order valence-corrected chi connectivity index (χ2v) is 8.33. The number of hydrogen-bond donors (Lipinski definition) is 0. The first-order valence-corrected chi connectivity index (χ1v) is 10.1. The van der Waals surface area contributed by atoms with Gasteiger partial charge in [0.1, 0.15) is 5.01 Å². The number of carbonyl (C=O) groups excluding carboxylic acids is 2. The van der Waals surface area contributed by atoms with Crippen molar-refractivity contribution in [2.45, 2.75) is 51.5 Å². The molecule has 1 amide bonds. The van der Waals surface area contributed by atoms with Crippen LogP contribution in [0.25, 0.3) is 0 Å². The van der Waals surface area contributed by atoms with Gasteiger partial charge in [-0.3, -0.25) is 14.5 Å². The lowest BCUT2D eigenvalue weighted by molar-refractivity contribution is -0.137. The minimum Gasteiger partial charge on any atom is -0.340 e. The summed E-state index contributed by atoms with van der Waals surface area (Å²) < 4.78 is 0. The first kappa shape index (κ1) is 16.2. The summed E-state index contributed by atoms with van der Waals surface area (Å²) in [5, 5.41) is 1.06. The Labute approximate surface area is 147 Å². The molecule has 0 atom stereocenters. The highest BCUT2D eigenvalue weighted by atomic mass is 32.1. The molecule has 1 aromatic heterocycles. The van der Waals surface area contributed by atoms with Crippen molar-refractivity contribution in [3.8, 4) is 0 Å². The number of nitrogens with zero attached hydrogens (tertiary/aromatic N) is 3. The number of amides is 1. The van der Waals surface area contributed by atoms with Gasteiger partial charge in [-0.1, -0.05) is 12.8 Å². The Morgan fingerprint density at radius 2 is 1.83 bits per heavy atom. The molecule has 5 nitrogen and oxygen atoms in total. The highest BCUT2D eigenvalue weighted by Gasteiger charge is 2.30. The molecule has 0 bridgehead atoms. The third kappa shape index (κ3) is 3.26. The van der Waals surface area contributed by atoms with Gasteiger partial charge < -0.3 is 4.90 Å². The van der Waals surface area contributed by atoms with Gasteiger partial charge in [-0.25, -0.2) is 4.98 Å². The Morgan fingerprint density at radius 3 is 2.54 bits per heavy atom. The molecule has 0 radical (unpaired) electrons. The number of fused-ring (bicyclic) bond motifs is 1. The van der Waals surface area contributed by atoms with E-state index >= 15 is 0 Å². The van der Waals surface area contributed by atoms with Crippen LogP contribution in [0.4, 0.5) is 0 Å². The number of piperazine rings is 1. The van der Waals surface area contributed by atoms with Crippen LogP contribution in [0, 0.1) is 5.92 Å². The van der Waals surface area contributed by atoms with Crippen molar-refractivity contribution in [1.29, 1.82) is 0 Å². The number of carbonyl (C=O) groups is 2. The smallest absolute Gasteiger partial charge is 0.225 e. The molecule has 0 N–H and O–H groups in total. The lowest BCUT2D eigenvalue weighted by atomic mass is 10.0. The van der Waals surface area contributed by atoms with Crippen molar-refractivity contribution >= 4 is 23.0 Å². The van der Waals surface area contributed by atoms with Gasteiger partial charge in [0, 0.05) is 38.5 Å². The van der Waals surface area contributed by atoms with Gasteiger partial charge >= 0.3 is 0 Å². The summed E-state index contributed by atoms with van der Waals surface area (Å²) in [7, 11) is 0. The SMILES string of the molecule is O=C1CCCc2nc(CN3CCN(C(=O)C4CCCC4)CC3)sc21. The Balaban J connectivity index is 1.32. The van der Waals surface area contributed by atoms with E-state index in [0.29, 0.717) is 12.3 Å². The number of aromatic nitrogens is 1. The molecule has 6 heteroatoms. The maximum absolute atomic E-state index is 12.5. The fourth-order valence-electron chi connectivity index (χ4n) is 4.13. The number of Topliss-reactive ketones (excluding diaryl/α,β-unsaturated/α-hetero) is 1. The van der Waals surface area contributed by atoms with Crippen LogP contribution in [0.5, 0.6) is 0 Å². The zero-order chi connectivity index (χ0) is 16.5. The topological polar surface area (TPSA) is 53.5 Å².